The molecule has 1 saturated carbocycles. The molecule has 1 aliphatic heterocycles. The van der Waals surface area contributed by atoms with E-state index in [-0.39, 0.29) is 0 Å². The zero-order chi connectivity index (χ0) is 14.2. The predicted octanol–water partition coefficient (Wildman–Crippen LogP) is 3.61. The van der Waals surface area contributed by atoms with Crippen LogP contribution in [0.15, 0.2) is 40.3 Å². The molecule has 0 amide bonds. The van der Waals surface area contributed by atoms with E-state index in [0.29, 0.717) is 23.0 Å². The molecule has 0 spiro atoms. The molecular weight excluding hydrogens is 294 g/mol. The summed E-state index contributed by atoms with van der Waals surface area (Å²) in [6.45, 7) is 1.20. The topological polar surface area (TPSA) is 37.4 Å². The standard InChI is InChI=1S/C15H18ClNO2S/c16-14-4-6-15(7-5-14)20(18,19)17-10-8-13(9-11-17)12-2-1-3-12/h4-7H,1-3,8-11H2. The first kappa shape index (κ1) is 14.1. The molecule has 1 heterocycles. The van der Waals surface area contributed by atoms with Crippen molar-refractivity contribution in [3.05, 3.63) is 40.4 Å². The molecule has 2 aliphatic rings. The van der Waals surface area contributed by atoms with Crippen LogP contribution in [0.3, 0.4) is 0 Å². The van der Waals surface area contributed by atoms with Crippen molar-refractivity contribution < 1.29 is 8.42 Å². The number of allylic oxidation sites excluding steroid dienone is 1. The third-order valence-corrected chi connectivity index (χ3v) is 6.40. The highest BCUT2D eigenvalue weighted by molar-refractivity contribution is 7.89. The predicted molar refractivity (Wildman–Crippen MR) is 80.3 cm³/mol. The van der Waals surface area contributed by atoms with E-state index < -0.39 is 10.0 Å². The third-order valence-electron chi connectivity index (χ3n) is 4.23. The molecule has 3 nitrogen and oxygen atoms in total. The largest absolute Gasteiger partial charge is 0.243 e. The maximum atomic E-state index is 12.5. The summed E-state index contributed by atoms with van der Waals surface area (Å²) in [5, 5.41) is 0.555. The number of benzene rings is 1. The summed E-state index contributed by atoms with van der Waals surface area (Å²) in [7, 11) is -3.36. The molecule has 0 bridgehead atoms. The fourth-order valence-corrected chi connectivity index (χ4v) is 4.38. The van der Waals surface area contributed by atoms with E-state index in [0.717, 1.165) is 12.8 Å². The van der Waals surface area contributed by atoms with Crippen LogP contribution in [0.4, 0.5) is 0 Å². The second-order valence-corrected chi connectivity index (χ2v) is 7.79. The molecule has 0 N–H and O–H groups in total. The zero-order valence-corrected chi connectivity index (χ0v) is 12.9. The quantitative estimate of drug-likeness (QED) is 0.783. The lowest BCUT2D eigenvalue weighted by Crippen LogP contribution is -2.36. The van der Waals surface area contributed by atoms with Gasteiger partial charge in [0, 0.05) is 18.1 Å². The number of sulfonamides is 1. The molecule has 0 aromatic heterocycles. The number of rotatable bonds is 2. The van der Waals surface area contributed by atoms with Crippen molar-refractivity contribution in [3.8, 4) is 0 Å². The maximum Gasteiger partial charge on any atom is 0.243 e. The number of hydrogen-bond donors (Lipinski definition) is 0. The van der Waals surface area contributed by atoms with E-state index in [2.05, 4.69) is 0 Å². The van der Waals surface area contributed by atoms with Crippen molar-refractivity contribution in [2.45, 2.75) is 37.0 Å². The van der Waals surface area contributed by atoms with Crippen molar-refractivity contribution in [1.82, 2.24) is 4.31 Å². The second kappa shape index (κ2) is 5.51. The van der Waals surface area contributed by atoms with E-state index in [9.17, 15) is 8.42 Å². The average Bonchev–Trinajstić information content (AvgIpc) is 2.38. The van der Waals surface area contributed by atoms with Crippen LogP contribution in [0.5, 0.6) is 0 Å². The SMILES string of the molecule is O=S(=O)(c1ccc(Cl)cc1)N1CCC(=C2CCC2)CC1. The Morgan fingerprint density at radius 1 is 0.900 bits per heavy atom. The molecule has 1 aliphatic carbocycles. The molecule has 1 saturated heterocycles. The van der Waals surface area contributed by atoms with Gasteiger partial charge in [0.25, 0.3) is 0 Å². The maximum absolute atomic E-state index is 12.5. The highest BCUT2D eigenvalue weighted by Crippen LogP contribution is 2.34. The fraction of sp³-hybridized carbons (Fsp3) is 0.467. The van der Waals surface area contributed by atoms with Gasteiger partial charge in [-0.2, -0.15) is 4.31 Å². The summed E-state index contributed by atoms with van der Waals surface area (Å²) < 4.78 is 26.6. The highest BCUT2D eigenvalue weighted by atomic mass is 35.5. The van der Waals surface area contributed by atoms with Gasteiger partial charge in [0.2, 0.25) is 10.0 Å². The lowest BCUT2D eigenvalue weighted by Gasteiger charge is -2.31. The van der Waals surface area contributed by atoms with Gasteiger partial charge in [-0.25, -0.2) is 8.42 Å². The molecule has 108 valence electrons. The van der Waals surface area contributed by atoms with E-state index in [1.54, 1.807) is 34.1 Å². The van der Waals surface area contributed by atoms with Gasteiger partial charge in [-0.15, -0.1) is 0 Å². The number of piperidine rings is 1. The van der Waals surface area contributed by atoms with E-state index in [1.807, 2.05) is 0 Å². The molecule has 1 aromatic rings. The van der Waals surface area contributed by atoms with Crippen molar-refractivity contribution in [2.24, 2.45) is 0 Å². The molecule has 0 unspecified atom stereocenters. The van der Waals surface area contributed by atoms with Gasteiger partial charge in [0.15, 0.2) is 0 Å². The lowest BCUT2D eigenvalue weighted by atomic mass is 9.85. The Bertz CT molecular complexity index is 618. The van der Waals surface area contributed by atoms with Gasteiger partial charge in [-0.1, -0.05) is 22.7 Å². The zero-order valence-electron chi connectivity index (χ0n) is 11.3. The van der Waals surface area contributed by atoms with Gasteiger partial charge in [-0.05, 0) is 56.4 Å². The number of halogens is 1. The Morgan fingerprint density at radius 2 is 1.45 bits per heavy atom. The Hall–Kier alpha value is -0.840. The van der Waals surface area contributed by atoms with Gasteiger partial charge in [0.05, 0.1) is 4.90 Å². The van der Waals surface area contributed by atoms with Crippen LogP contribution >= 0.6 is 11.6 Å². The van der Waals surface area contributed by atoms with Gasteiger partial charge >= 0.3 is 0 Å². The first-order valence-electron chi connectivity index (χ1n) is 7.03. The Balaban J connectivity index is 1.75. The molecule has 0 radical (unpaired) electrons. The summed E-state index contributed by atoms with van der Waals surface area (Å²) in [5.41, 5.74) is 3.08. The van der Waals surface area contributed by atoms with Crippen LogP contribution in [0.25, 0.3) is 0 Å². The average molecular weight is 312 g/mol. The summed E-state index contributed by atoms with van der Waals surface area (Å²) in [5.74, 6) is 0. The van der Waals surface area contributed by atoms with Gasteiger partial charge in [-0.3, -0.25) is 0 Å². The normalized spacial score (nSPS) is 20.9. The minimum absolute atomic E-state index is 0.335. The van der Waals surface area contributed by atoms with Crippen LogP contribution in [0, 0.1) is 0 Å². The van der Waals surface area contributed by atoms with Crippen molar-refractivity contribution in [3.63, 3.8) is 0 Å². The molecule has 0 atom stereocenters. The first-order chi connectivity index (χ1) is 9.57. The molecule has 2 fully saturated rings. The van der Waals surface area contributed by atoms with Crippen LogP contribution in [0.1, 0.15) is 32.1 Å². The van der Waals surface area contributed by atoms with Crippen LogP contribution in [-0.2, 0) is 10.0 Å². The molecular formula is C15H18ClNO2S. The summed E-state index contributed by atoms with van der Waals surface area (Å²) in [4.78, 5) is 0.335. The Labute approximate surface area is 125 Å². The third kappa shape index (κ3) is 2.65. The second-order valence-electron chi connectivity index (χ2n) is 5.42. The molecule has 1 aromatic carbocycles. The molecule has 5 heteroatoms. The Morgan fingerprint density at radius 3 is 1.95 bits per heavy atom. The van der Waals surface area contributed by atoms with Gasteiger partial charge in [0.1, 0.15) is 0 Å². The van der Waals surface area contributed by atoms with Crippen LogP contribution in [0.2, 0.25) is 5.02 Å². The minimum Gasteiger partial charge on any atom is -0.207 e. The number of nitrogens with zero attached hydrogens (tertiary/aromatic N) is 1. The van der Waals surface area contributed by atoms with E-state index in [4.69, 9.17) is 11.6 Å². The van der Waals surface area contributed by atoms with Crippen LogP contribution < -0.4 is 0 Å². The summed E-state index contributed by atoms with van der Waals surface area (Å²) >= 11 is 5.81. The Kier molecular flexibility index (Phi) is 3.89. The molecule has 20 heavy (non-hydrogen) atoms. The van der Waals surface area contributed by atoms with E-state index >= 15 is 0 Å². The highest BCUT2D eigenvalue weighted by Gasteiger charge is 2.28. The lowest BCUT2D eigenvalue weighted by molar-refractivity contribution is 0.381. The minimum atomic E-state index is -3.36. The van der Waals surface area contributed by atoms with Gasteiger partial charge < -0.3 is 0 Å². The summed E-state index contributed by atoms with van der Waals surface area (Å²) in [6.07, 6.45) is 5.52. The van der Waals surface area contributed by atoms with Crippen molar-refractivity contribution in [2.75, 3.05) is 13.1 Å². The first-order valence-corrected chi connectivity index (χ1v) is 8.85. The number of hydrogen-bond acceptors (Lipinski definition) is 2. The summed E-state index contributed by atoms with van der Waals surface area (Å²) in [6, 6.07) is 6.41. The smallest absolute Gasteiger partial charge is 0.207 e. The van der Waals surface area contributed by atoms with Crippen LogP contribution in [-0.4, -0.2) is 25.8 Å². The fourth-order valence-electron chi connectivity index (χ4n) is 2.81. The van der Waals surface area contributed by atoms with Crippen molar-refractivity contribution in [1.29, 1.82) is 0 Å². The molecule has 3 rings (SSSR count). The van der Waals surface area contributed by atoms with Crippen molar-refractivity contribution >= 4 is 21.6 Å². The van der Waals surface area contributed by atoms with E-state index in [1.165, 1.54) is 24.8 Å². The monoisotopic (exact) mass is 311 g/mol.